The van der Waals surface area contributed by atoms with Crippen molar-refractivity contribution < 1.29 is 0 Å². The number of likely N-dealkylation sites (tertiary alicyclic amines) is 1. The Hall–Kier alpha value is -0.930. The van der Waals surface area contributed by atoms with Crippen LogP contribution in [0.2, 0.25) is 15.1 Å². The standard InChI is InChI=1S/C17H16Cl3N.C6H13N/c18-12-4-7-14(8-5-12)21-10-2-1-3-17(21)15-9-6-13(19)11-16(15)20;1-7-5-3-2-4-6-7/h4-9,11,17H,1-3,10H2;2-6H2,1H3. The SMILES string of the molecule is CN1CCCCC1.Clc1ccc(N2CCCCC2c2ccc(Cl)cc2Cl)cc1. The number of anilines is 1. The third-order valence-electron chi connectivity index (χ3n) is 5.56. The van der Waals surface area contributed by atoms with Gasteiger partial charge in [-0.3, -0.25) is 0 Å². The number of rotatable bonds is 2. The van der Waals surface area contributed by atoms with Gasteiger partial charge in [0.25, 0.3) is 0 Å². The summed E-state index contributed by atoms with van der Waals surface area (Å²) in [6.07, 6.45) is 7.79. The minimum absolute atomic E-state index is 0.296. The molecule has 2 aromatic rings. The van der Waals surface area contributed by atoms with Crippen molar-refractivity contribution in [1.82, 2.24) is 4.90 Å². The van der Waals surface area contributed by atoms with E-state index in [-0.39, 0.29) is 0 Å². The number of hydrogen-bond acceptors (Lipinski definition) is 2. The topological polar surface area (TPSA) is 6.48 Å². The van der Waals surface area contributed by atoms with E-state index in [1.165, 1.54) is 50.9 Å². The molecule has 1 unspecified atom stereocenters. The molecule has 0 amide bonds. The molecule has 1 atom stereocenters. The van der Waals surface area contributed by atoms with Crippen LogP contribution in [0.3, 0.4) is 0 Å². The molecule has 0 aromatic heterocycles. The van der Waals surface area contributed by atoms with Crippen LogP contribution in [-0.4, -0.2) is 31.6 Å². The zero-order valence-corrected chi connectivity index (χ0v) is 18.8. The van der Waals surface area contributed by atoms with Crippen molar-refractivity contribution in [2.75, 3.05) is 31.6 Å². The maximum absolute atomic E-state index is 6.41. The van der Waals surface area contributed by atoms with Gasteiger partial charge < -0.3 is 9.80 Å². The summed E-state index contributed by atoms with van der Waals surface area (Å²) >= 11 is 18.4. The Kier molecular flexibility index (Phi) is 8.35. The smallest absolute Gasteiger partial charge is 0.0557 e. The van der Waals surface area contributed by atoms with Gasteiger partial charge in [-0.2, -0.15) is 0 Å². The molecule has 2 aromatic carbocycles. The van der Waals surface area contributed by atoms with Crippen LogP contribution in [0.15, 0.2) is 42.5 Å². The number of piperidine rings is 2. The molecule has 28 heavy (non-hydrogen) atoms. The van der Waals surface area contributed by atoms with Gasteiger partial charge in [0.1, 0.15) is 0 Å². The van der Waals surface area contributed by atoms with Crippen LogP contribution >= 0.6 is 34.8 Å². The Balaban J connectivity index is 0.000000271. The lowest BCUT2D eigenvalue weighted by molar-refractivity contribution is 0.277. The van der Waals surface area contributed by atoms with E-state index in [4.69, 9.17) is 34.8 Å². The Morgan fingerprint density at radius 1 is 0.750 bits per heavy atom. The van der Waals surface area contributed by atoms with Gasteiger partial charge in [0, 0.05) is 27.3 Å². The van der Waals surface area contributed by atoms with E-state index < -0.39 is 0 Å². The van der Waals surface area contributed by atoms with Crippen molar-refractivity contribution in [3.63, 3.8) is 0 Å². The molecule has 2 saturated heterocycles. The molecule has 152 valence electrons. The first-order chi connectivity index (χ1) is 13.5. The third kappa shape index (κ3) is 6.03. The van der Waals surface area contributed by atoms with E-state index in [0.29, 0.717) is 11.1 Å². The first kappa shape index (κ1) is 21.8. The summed E-state index contributed by atoms with van der Waals surface area (Å²) in [4.78, 5) is 4.80. The zero-order valence-electron chi connectivity index (χ0n) is 16.5. The fourth-order valence-corrected chi connectivity index (χ4v) is 4.68. The van der Waals surface area contributed by atoms with Gasteiger partial charge in [0.2, 0.25) is 0 Å². The average molecular weight is 440 g/mol. The highest BCUT2D eigenvalue weighted by Crippen LogP contribution is 2.38. The minimum atomic E-state index is 0.296. The fraction of sp³-hybridized carbons (Fsp3) is 0.478. The molecule has 5 heteroatoms. The number of halogens is 3. The van der Waals surface area contributed by atoms with Crippen LogP contribution in [0.5, 0.6) is 0 Å². The normalized spacial score (nSPS) is 20.4. The molecule has 2 fully saturated rings. The minimum Gasteiger partial charge on any atom is -0.364 e. The lowest BCUT2D eigenvalue weighted by Gasteiger charge is -2.38. The molecular formula is C23H29Cl3N2. The molecule has 2 aliphatic heterocycles. The molecule has 2 nitrogen and oxygen atoms in total. The molecule has 0 spiro atoms. The molecule has 0 saturated carbocycles. The van der Waals surface area contributed by atoms with Crippen molar-refractivity contribution >= 4 is 40.5 Å². The molecule has 0 radical (unpaired) electrons. The van der Waals surface area contributed by atoms with Gasteiger partial charge in [-0.1, -0.05) is 47.3 Å². The maximum atomic E-state index is 6.41. The van der Waals surface area contributed by atoms with E-state index in [2.05, 4.69) is 29.0 Å². The van der Waals surface area contributed by atoms with Gasteiger partial charge in [0.15, 0.2) is 0 Å². The molecule has 0 aliphatic carbocycles. The van der Waals surface area contributed by atoms with Crippen LogP contribution in [0.25, 0.3) is 0 Å². The number of benzene rings is 2. The first-order valence-corrected chi connectivity index (χ1v) is 11.3. The van der Waals surface area contributed by atoms with Crippen LogP contribution in [-0.2, 0) is 0 Å². The zero-order chi connectivity index (χ0) is 19.9. The van der Waals surface area contributed by atoms with Crippen LogP contribution in [0, 0.1) is 0 Å². The van der Waals surface area contributed by atoms with Crippen LogP contribution in [0.1, 0.15) is 50.1 Å². The molecule has 0 bridgehead atoms. The van der Waals surface area contributed by atoms with Crippen molar-refractivity contribution in [3.8, 4) is 0 Å². The summed E-state index contributed by atoms with van der Waals surface area (Å²) < 4.78 is 0. The first-order valence-electron chi connectivity index (χ1n) is 10.2. The quantitative estimate of drug-likeness (QED) is 0.478. The Labute approximate surface area is 184 Å². The molecule has 2 heterocycles. The Morgan fingerprint density at radius 3 is 2.00 bits per heavy atom. The average Bonchev–Trinajstić information content (AvgIpc) is 2.70. The summed E-state index contributed by atoms with van der Waals surface area (Å²) in [7, 11) is 2.19. The predicted molar refractivity (Wildman–Crippen MR) is 123 cm³/mol. The second kappa shape index (κ2) is 10.7. The maximum Gasteiger partial charge on any atom is 0.0557 e. The van der Waals surface area contributed by atoms with Crippen molar-refractivity contribution in [3.05, 3.63) is 63.1 Å². The van der Waals surface area contributed by atoms with Crippen LogP contribution < -0.4 is 4.90 Å². The summed E-state index contributed by atoms with van der Waals surface area (Å²) in [6.45, 7) is 3.67. The van der Waals surface area contributed by atoms with Crippen molar-refractivity contribution in [2.45, 2.75) is 44.6 Å². The molecular weight excluding hydrogens is 411 g/mol. The van der Waals surface area contributed by atoms with Gasteiger partial charge in [-0.25, -0.2) is 0 Å². The largest absolute Gasteiger partial charge is 0.364 e. The van der Waals surface area contributed by atoms with E-state index in [0.717, 1.165) is 28.6 Å². The lowest BCUT2D eigenvalue weighted by atomic mass is 9.94. The fourth-order valence-electron chi connectivity index (χ4n) is 4.02. The predicted octanol–water partition coefficient (Wildman–Crippen LogP) is 7.48. The summed E-state index contributed by atoms with van der Waals surface area (Å²) in [5, 5.41) is 2.18. The van der Waals surface area contributed by atoms with Gasteiger partial charge in [0.05, 0.1) is 6.04 Å². The summed E-state index contributed by atoms with van der Waals surface area (Å²) in [5.41, 5.74) is 2.34. The highest BCUT2D eigenvalue weighted by Gasteiger charge is 2.26. The second-order valence-corrected chi connectivity index (χ2v) is 8.99. The lowest BCUT2D eigenvalue weighted by Crippen LogP contribution is -2.33. The van der Waals surface area contributed by atoms with E-state index in [1.807, 2.05) is 30.3 Å². The third-order valence-corrected chi connectivity index (χ3v) is 6.38. The summed E-state index contributed by atoms with van der Waals surface area (Å²) in [5.74, 6) is 0. The van der Waals surface area contributed by atoms with E-state index in [9.17, 15) is 0 Å². The van der Waals surface area contributed by atoms with E-state index in [1.54, 1.807) is 0 Å². The Morgan fingerprint density at radius 2 is 1.39 bits per heavy atom. The molecule has 2 aliphatic rings. The van der Waals surface area contributed by atoms with Gasteiger partial charge in [-0.05, 0) is 94.2 Å². The molecule has 4 rings (SSSR count). The van der Waals surface area contributed by atoms with Gasteiger partial charge >= 0.3 is 0 Å². The van der Waals surface area contributed by atoms with E-state index >= 15 is 0 Å². The van der Waals surface area contributed by atoms with Crippen molar-refractivity contribution in [2.24, 2.45) is 0 Å². The van der Waals surface area contributed by atoms with Crippen molar-refractivity contribution in [1.29, 1.82) is 0 Å². The molecule has 0 N–H and O–H groups in total. The van der Waals surface area contributed by atoms with Crippen LogP contribution in [0.4, 0.5) is 5.69 Å². The highest BCUT2D eigenvalue weighted by atomic mass is 35.5. The second-order valence-electron chi connectivity index (χ2n) is 7.71. The number of nitrogens with zero attached hydrogens (tertiary/aromatic N) is 2. The summed E-state index contributed by atoms with van der Waals surface area (Å²) in [6, 6.07) is 14.1. The van der Waals surface area contributed by atoms with Gasteiger partial charge in [-0.15, -0.1) is 0 Å². The number of hydrogen-bond donors (Lipinski definition) is 0. The Bertz CT molecular complexity index is 742. The highest BCUT2D eigenvalue weighted by molar-refractivity contribution is 6.35. The monoisotopic (exact) mass is 438 g/mol.